The summed E-state index contributed by atoms with van der Waals surface area (Å²) in [7, 11) is 0. The number of phenolic OH excluding ortho intramolecular Hbond substituents is 1. The SMILES string of the molecule is C#Cc1c(F)ccc2cc(O)cc(-c3ncc4c(-c5ccc6n5CCOC6)nc(OCC56CCCN5CCC6)cc4c3F)c12. The maximum atomic E-state index is 16.8. The summed E-state index contributed by atoms with van der Waals surface area (Å²) in [6, 6.07) is 11.2. The third-order valence-corrected chi connectivity index (χ3v) is 9.58. The molecule has 3 aromatic heterocycles. The second-order valence-electron chi connectivity index (χ2n) is 12.0. The van der Waals surface area contributed by atoms with Crippen molar-refractivity contribution in [3.63, 3.8) is 0 Å². The first-order valence-corrected chi connectivity index (χ1v) is 15.0. The highest BCUT2D eigenvalue weighted by Gasteiger charge is 2.45. The fourth-order valence-corrected chi connectivity index (χ4v) is 7.48. The predicted molar refractivity (Wildman–Crippen MR) is 163 cm³/mol. The van der Waals surface area contributed by atoms with Gasteiger partial charge in [-0.15, -0.1) is 6.42 Å². The molecule has 2 fully saturated rings. The van der Waals surface area contributed by atoms with Gasteiger partial charge in [-0.2, -0.15) is 0 Å². The Morgan fingerprint density at radius 1 is 1.02 bits per heavy atom. The minimum Gasteiger partial charge on any atom is -0.508 e. The Morgan fingerprint density at radius 2 is 1.86 bits per heavy atom. The maximum Gasteiger partial charge on any atom is 0.214 e. The van der Waals surface area contributed by atoms with Crippen LogP contribution in [0, 0.1) is 24.0 Å². The molecule has 2 aromatic carbocycles. The van der Waals surface area contributed by atoms with Crippen LogP contribution in [0.15, 0.2) is 48.7 Å². The number of aromatic nitrogens is 3. The summed E-state index contributed by atoms with van der Waals surface area (Å²) < 4.78 is 45.9. The van der Waals surface area contributed by atoms with E-state index in [1.807, 2.05) is 12.1 Å². The molecule has 3 aliphatic rings. The van der Waals surface area contributed by atoms with E-state index in [0.717, 1.165) is 50.2 Å². The van der Waals surface area contributed by atoms with Gasteiger partial charge in [0.1, 0.15) is 29.6 Å². The molecule has 9 heteroatoms. The number of aromatic hydroxyl groups is 1. The maximum absolute atomic E-state index is 16.8. The molecule has 0 atom stereocenters. The van der Waals surface area contributed by atoms with Gasteiger partial charge < -0.3 is 19.1 Å². The van der Waals surface area contributed by atoms with Crippen LogP contribution in [0.1, 0.15) is 36.9 Å². The minimum absolute atomic E-state index is 0.0134. The molecule has 1 N–H and O–H groups in total. The van der Waals surface area contributed by atoms with E-state index >= 15 is 4.39 Å². The lowest BCUT2D eigenvalue weighted by atomic mass is 9.95. The topological polar surface area (TPSA) is 72.6 Å². The Labute approximate surface area is 253 Å². The second kappa shape index (κ2) is 10.3. The molecule has 0 amide bonds. The highest BCUT2D eigenvalue weighted by atomic mass is 19.1. The molecule has 0 spiro atoms. The lowest BCUT2D eigenvalue weighted by Crippen LogP contribution is -2.43. The summed E-state index contributed by atoms with van der Waals surface area (Å²) >= 11 is 0. The van der Waals surface area contributed by atoms with Crippen LogP contribution in [-0.2, 0) is 17.9 Å². The summed E-state index contributed by atoms with van der Waals surface area (Å²) in [5, 5.41) is 12.1. The van der Waals surface area contributed by atoms with E-state index in [1.165, 1.54) is 24.3 Å². The molecule has 0 unspecified atom stereocenters. The Morgan fingerprint density at radius 3 is 2.68 bits per heavy atom. The van der Waals surface area contributed by atoms with E-state index in [2.05, 4.69) is 20.4 Å². The van der Waals surface area contributed by atoms with Crippen LogP contribution in [0.25, 0.3) is 44.2 Å². The zero-order chi connectivity index (χ0) is 30.0. The third kappa shape index (κ3) is 4.16. The number of hydrogen-bond donors (Lipinski definition) is 1. The summed E-state index contributed by atoms with van der Waals surface area (Å²) in [4.78, 5) is 12.0. The largest absolute Gasteiger partial charge is 0.508 e. The van der Waals surface area contributed by atoms with Gasteiger partial charge in [-0.05, 0) is 74.5 Å². The highest BCUT2D eigenvalue weighted by Crippen LogP contribution is 2.42. The standard InChI is InChI=1S/C35H30F2N4O3/c1-2-24-28(36)7-5-21-15-23(42)16-26(31(21)24)34-32(37)25-17-30(44-20-35-9-3-11-40(35)12-4-10-35)39-33(27(25)18-38-34)29-8-6-22-19-43-14-13-41(22)29/h1,5-8,15-18,42H,3-4,9-14,19-20H2. The molecule has 0 saturated carbocycles. The number of fused-ring (bicyclic) bond motifs is 4. The highest BCUT2D eigenvalue weighted by molar-refractivity contribution is 6.03. The average Bonchev–Trinajstić information content (AvgIpc) is 3.74. The van der Waals surface area contributed by atoms with Crippen LogP contribution >= 0.6 is 0 Å². The van der Waals surface area contributed by atoms with Gasteiger partial charge in [0.2, 0.25) is 5.88 Å². The molecular weight excluding hydrogens is 562 g/mol. The van der Waals surface area contributed by atoms with Gasteiger partial charge in [-0.3, -0.25) is 9.88 Å². The van der Waals surface area contributed by atoms with Crippen molar-refractivity contribution in [2.45, 2.75) is 44.4 Å². The molecule has 0 aliphatic carbocycles. The van der Waals surface area contributed by atoms with Crippen molar-refractivity contribution in [3.05, 3.63) is 71.6 Å². The van der Waals surface area contributed by atoms with E-state index in [0.29, 0.717) is 54.1 Å². The zero-order valence-electron chi connectivity index (χ0n) is 24.1. The van der Waals surface area contributed by atoms with Gasteiger partial charge in [-0.25, -0.2) is 13.8 Å². The zero-order valence-corrected chi connectivity index (χ0v) is 24.1. The molecule has 6 heterocycles. The molecule has 8 rings (SSSR count). The Bertz CT molecular complexity index is 2000. The molecular formula is C35H30F2N4O3. The number of rotatable bonds is 5. The summed E-state index contributed by atoms with van der Waals surface area (Å²) in [5.74, 6) is 1.38. The smallest absolute Gasteiger partial charge is 0.214 e. The lowest BCUT2D eigenvalue weighted by molar-refractivity contribution is 0.0855. The Kier molecular flexibility index (Phi) is 6.33. The van der Waals surface area contributed by atoms with E-state index in [-0.39, 0.29) is 33.5 Å². The van der Waals surface area contributed by atoms with Crippen molar-refractivity contribution in [1.29, 1.82) is 0 Å². The van der Waals surface area contributed by atoms with Crippen molar-refractivity contribution in [2.24, 2.45) is 0 Å². The number of phenols is 1. The fourth-order valence-electron chi connectivity index (χ4n) is 7.48. The lowest BCUT2D eigenvalue weighted by Gasteiger charge is -2.31. The Balaban J connectivity index is 1.33. The van der Waals surface area contributed by atoms with Crippen LogP contribution in [0.2, 0.25) is 0 Å². The normalized spacial score (nSPS) is 17.6. The van der Waals surface area contributed by atoms with E-state index in [1.54, 1.807) is 12.3 Å². The first-order valence-electron chi connectivity index (χ1n) is 15.0. The number of terminal acetylenes is 1. The predicted octanol–water partition coefficient (Wildman–Crippen LogP) is 6.42. The molecule has 0 bridgehead atoms. The van der Waals surface area contributed by atoms with Crippen LogP contribution in [0.3, 0.4) is 0 Å². The first kappa shape index (κ1) is 27.1. The van der Waals surface area contributed by atoms with Crippen molar-refractivity contribution in [2.75, 3.05) is 26.3 Å². The number of nitrogens with zero attached hydrogens (tertiary/aromatic N) is 4. The van der Waals surface area contributed by atoms with Crippen molar-refractivity contribution >= 4 is 21.5 Å². The van der Waals surface area contributed by atoms with E-state index < -0.39 is 11.6 Å². The molecule has 2 saturated heterocycles. The van der Waals surface area contributed by atoms with Crippen molar-refractivity contribution in [1.82, 2.24) is 19.4 Å². The van der Waals surface area contributed by atoms with Crippen molar-refractivity contribution < 1.29 is 23.4 Å². The molecule has 0 radical (unpaired) electrons. The van der Waals surface area contributed by atoms with Gasteiger partial charge in [-0.1, -0.05) is 12.0 Å². The quantitative estimate of drug-likeness (QED) is 0.238. The second-order valence-corrected chi connectivity index (χ2v) is 12.0. The van der Waals surface area contributed by atoms with Crippen LogP contribution in [-0.4, -0.2) is 56.4 Å². The first-order chi connectivity index (χ1) is 21.5. The number of ether oxygens (including phenoxy) is 2. The van der Waals surface area contributed by atoms with Crippen LogP contribution < -0.4 is 4.74 Å². The molecule has 3 aliphatic heterocycles. The number of pyridine rings is 2. The fraction of sp³-hybridized carbons (Fsp3) is 0.314. The van der Waals surface area contributed by atoms with Gasteiger partial charge in [0.25, 0.3) is 0 Å². The van der Waals surface area contributed by atoms with Crippen molar-refractivity contribution in [3.8, 4) is 46.6 Å². The van der Waals surface area contributed by atoms with Crippen LogP contribution in [0.5, 0.6) is 11.6 Å². The van der Waals surface area contributed by atoms with Gasteiger partial charge in [0.05, 0.1) is 30.0 Å². The average molecular weight is 593 g/mol. The van der Waals surface area contributed by atoms with Gasteiger partial charge in [0, 0.05) is 46.2 Å². The van der Waals surface area contributed by atoms with Gasteiger partial charge in [0.15, 0.2) is 5.82 Å². The minimum atomic E-state index is -0.634. The molecule has 5 aromatic rings. The molecule has 44 heavy (non-hydrogen) atoms. The number of hydrogen-bond acceptors (Lipinski definition) is 6. The van der Waals surface area contributed by atoms with Crippen LogP contribution in [0.4, 0.5) is 8.78 Å². The van der Waals surface area contributed by atoms with E-state index in [4.69, 9.17) is 20.9 Å². The third-order valence-electron chi connectivity index (χ3n) is 9.58. The summed E-state index contributed by atoms with van der Waals surface area (Å²) in [6.45, 7) is 4.32. The number of halogens is 2. The summed E-state index contributed by atoms with van der Waals surface area (Å²) in [6.07, 6.45) is 11.7. The number of benzene rings is 2. The molecule has 7 nitrogen and oxygen atoms in total. The summed E-state index contributed by atoms with van der Waals surface area (Å²) in [5.41, 5.74) is 2.53. The molecule has 222 valence electrons. The monoisotopic (exact) mass is 592 g/mol. The Hall–Kier alpha value is -4.52. The van der Waals surface area contributed by atoms with Gasteiger partial charge >= 0.3 is 0 Å². The van der Waals surface area contributed by atoms with E-state index in [9.17, 15) is 9.50 Å².